The fourth-order valence-electron chi connectivity index (χ4n) is 2.34. The lowest BCUT2D eigenvalue weighted by molar-refractivity contribution is -0.148. The van der Waals surface area contributed by atoms with E-state index < -0.39 is 28.0 Å². The minimum Gasteiger partial charge on any atom is -0.449 e. The number of anilines is 1. The van der Waals surface area contributed by atoms with Gasteiger partial charge in [-0.25, -0.2) is 17.9 Å². The second-order valence-corrected chi connectivity index (χ2v) is 9.38. The molecule has 0 fully saturated rings. The molecule has 0 aliphatic carbocycles. The van der Waals surface area contributed by atoms with Crippen LogP contribution in [0.3, 0.4) is 0 Å². The average Bonchev–Trinajstić information content (AvgIpc) is 2.67. The molecular formula is C21H23BrN2O5S. The van der Waals surface area contributed by atoms with Crippen molar-refractivity contribution in [2.75, 3.05) is 5.32 Å². The molecular weight excluding hydrogens is 472 g/mol. The Bertz CT molecular complexity index is 1020. The molecule has 0 saturated carbocycles. The zero-order valence-electron chi connectivity index (χ0n) is 16.8. The van der Waals surface area contributed by atoms with Gasteiger partial charge in [0.25, 0.3) is 5.91 Å². The van der Waals surface area contributed by atoms with E-state index >= 15 is 0 Å². The van der Waals surface area contributed by atoms with Crippen LogP contribution in [0.2, 0.25) is 0 Å². The molecule has 0 bridgehead atoms. The topological polar surface area (TPSA) is 102 Å². The third-order valence-corrected chi connectivity index (χ3v) is 5.97. The number of rotatable bonds is 8. The van der Waals surface area contributed by atoms with E-state index in [0.29, 0.717) is 5.69 Å². The molecule has 1 unspecified atom stereocenters. The van der Waals surface area contributed by atoms with Crippen LogP contribution in [0.25, 0.3) is 6.08 Å². The second-order valence-electron chi connectivity index (χ2n) is 6.75. The summed E-state index contributed by atoms with van der Waals surface area (Å²) in [5, 5.41) is 2.59. The van der Waals surface area contributed by atoms with Crippen molar-refractivity contribution >= 4 is 49.6 Å². The zero-order chi connectivity index (χ0) is 22.3. The summed E-state index contributed by atoms with van der Waals surface area (Å²) in [7, 11) is -3.61. The predicted molar refractivity (Wildman–Crippen MR) is 119 cm³/mol. The summed E-state index contributed by atoms with van der Waals surface area (Å²) in [6.45, 7) is 4.90. The molecule has 0 heterocycles. The summed E-state index contributed by atoms with van der Waals surface area (Å²) < 4.78 is 32.7. The maximum atomic E-state index is 12.2. The largest absolute Gasteiger partial charge is 0.449 e. The first kappa shape index (κ1) is 23.8. The Hall–Kier alpha value is -2.49. The van der Waals surface area contributed by atoms with Gasteiger partial charge in [-0.1, -0.05) is 28.1 Å². The Morgan fingerprint density at radius 3 is 2.17 bits per heavy atom. The number of nitrogens with one attached hydrogen (secondary N) is 2. The van der Waals surface area contributed by atoms with Crippen molar-refractivity contribution in [1.82, 2.24) is 4.72 Å². The van der Waals surface area contributed by atoms with E-state index in [1.54, 1.807) is 19.9 Å². The Balaban J connectivity index is 1.92. The van der Waals surface area contributed by atoms with Gasteiger partial charge in [-0.15, -0.1) is 0 Å². The standard InChI is InChI=1S/C21H23BrN2O5S/c1-14(2)24-30(27,28)19-11-9-18(10-12-19)23-21(26)15(3)29-20(25)13-6-16-4-7-17(22)8-5-16/h4-15,24H,1-3H3,(H,23,26)/b13-6+. The first-order chi connectivity index (χ1) is 14.1. The second kappa shape index (κ2) is 10.5. The summed E-state index contributed by atoms with van der Waals surface area (Å²) in [5.74, 6) is -1.18. The van der Waals surface area contributed by atoms with Crippen molar-refractivity contribution in [2.24, 2.45) is 0 Å². The Kier molecular flexibility index (Phi) is 8.33. The normalized spacial score (nSPS) is 12.7. The van der Waals surface area contributed by atoms with Gasteiger partial charge in [-0.05, 0) is 68.8 Å². The smallest absolute Gasteiger partial charge is 0.331 e. The quantitative estimate of drug-likeness (QED) is 0.430. The fourth-order valence-corrected chi connectivity index (χ4v) is 3.86. The number of ether oxygens (including phenoxy) is 1. The minimum atomic E-state index is -3.61. The minimum absolute atomic E-state index is 0.0896. The summed E-state index contributed by atoms with van der Waals surface area (Å²) in [5.41, 5.74) is 1.20. The summed E-state index contributed by atoms with van der Waals surface area (Å²) in [6.07, 6.45) is 1.80. The first-order valence-corrected chi connectivity index (χ1v) is 11.4. The monoisotopic (exact) mass is 494 g/mol. The van der Waals surface area contributed by atoms with Gasteiger partial charge in [0.2, 0.25) is 10.0 Å². The highest BCUT2D eigenvalue weighted by Gasteiger charge is 2.18. The number of esters is 1. The Morgan fingerprint density at radius 1 is 1.00 bits per heavy atom. The molecule has 0 aliphatic rings. The SMILES string of the molecule is CC(C)NS(=O)(=O)c1ccc(NC(=O)C(C)OC(=O)/C=C/c2ccc(Br)cc2)cc1. The predicted octanol–water partition coefficient (Wildman–Crippen LogP) is 3.72. The molecule has 0 saturated heterocycles. The number of halogens is 1. The van der Waals surface area contributed by atoms with E-state index in [4.69, 9.17) is 4.74 Å². The van der Waals surface area contributed by atoms with Gasteiger partial charge >= 0.3 is 5.97 Å². The number of amides is 1. The number of carbonyl (C=O) groups is 2. The van der Waals surface area contributed by atoms with Gasteiger partial charge in [0.05, 0.1) is 4.90 Å². The molecule has 30 heavy (non-hydrogen) atoms. The van der Waals surface area contributed by atoms with Gasteiger partial charge in [-0.3, -0.25) is 4.79 Å². The van der Waals surface area contributed by atoms with E-state index in [2.05, 4.69) is 26.0 Å². The Labute approximate surface area is 184 Å². The molecule has 7 nitrogen and oxygen atoms in total. The molecule has 2 aromatic carbocycles. The van der Waals surface area contributed by atoms with E-state index in [1.807, 2.05) is 24.3 Å². The maximum absolute atomic E-state index is 12.2. The fraction of sp³-hybridized carbons (Fsp3) is 0.238. The number of carbonyl (C=O) groups excluding carboxylic acids is 2. The molecule has 0 radical (unpaired) electrons. The third-order valence-electron chi connectivity index (χ3n) is 3.77. The van der Waals surface area contributed by atoms with Crippen molar-refractivity contribution in [3.8, 4) is 0 Å². The van der Waals surface area contributed by atoms with Crippen LogP contribution in [-0.4, -0.2) is 32.4 Å². The highest BCUT2D eigenvalue weighted by atomic mass is 79.9. The third kappa shape index (κ3) is 7.40. The summed E-state index contributed by atoms with van der Waals surface area (Å²) >= 11 is 3.33. The van der Waals surface area contributed by atoms with Gasteiger partial charge < -0.3 is 10.1 Å². The molecule has 2 N–H and O–H groups in total. The lowest BCUT2D eigenvalue weighted by Gasteiger charge is -2.13. The van der Waals surface area contributed by atoms with Crippen LogP contribution in [0, 0.1) is 0 Å². The highest BCUT2D eigenvalue weighted by Crippen LogP contribution is 2.15. The lowest BCUT2D eigenvalue weighted by Crippen LogP contribution is -2.30. The maximum Gasteiger partial charge on any atom is 0.331 e. The summed E-state index contributed by atoms with van der Waals surface area (Å²) in [4.78, 5) is 24.3. The van der Waals surface area contributed by atoms with Crippen LogP contribution in [0.4, 0.5) is 5.69 Å². The molecule has 2 rings (SSSR count). The lowest BCUT2D eigenvalue weighted by atomic mass is 10.2. The van der Waals surface area contributed by atoms with Gasteiger partial charge in [0.1, 0.15) is 0 Å². The van der Waals surface area contributed by atoms with E-state index in [-0.39, 0.29) is 10.9 Å². The molecule has 1 amide bonds. The van der Waals surface area contributed by atoms with Crippen LogP contribution in [0.1, 0.15) is 26.3 Å². The van der Waals surface area contributed by atoms with Crippen LogP contribution in [0.15, 0.2) is 64.0 Å². The number of benzene rings is 2. The van der Waals surface area contributed by atoms with Crippen molar-refractivity contribution in [2.45, 2.75) is 37.8 Å². The van der Waals surface area contributed by atoms with Crippen molar-refractivity contribution in [3.63, 3.8) is 0 Å². The summed E-state index contributed by atoms with van der Waals surface area (Å²) in [6, 6.07) is 12.8. The molecule has 0 aromatic heterocycles. The number of hydrogen-bond acceptors (Lipinski definition) is 5. The van der Waals surface area contributed by atoms with Gasteiger partial charge in [0, 0.05) is 22.3 Å². The van der Waals surface area contributed by atoms with Crippen LogP contribution < -0.4 is 10.0 Å². The molecule has 9 heteroatoms. The van der Waals surface area contributed by atoms with Gasteiger partial charge in [0.15, 0.2) is 6.10 Å². The van der Waals surface area contributed by atoms with E-state index in [9.17, 15) is 18.0 Å². The van der Waals surface area contributed by atoms with Crippen molar-refractivity contribution < 1.29 is 22.7 Å². The van der Waals surface area contributed by atoms with E-state index in [1.165, 1.54) is 37.3 Å². The van der Waals surface area contributed by atoms with Crippen LogP contribution in [0.5, 0.6) is 0 Å². The molecule has 160 valence electrons. The van der Waals surface area contributed by atoms with E-state index in [0.717, 1.165) is 10.0 Å². The average molecular weight is 495 g/mol. The Morgan fingerprint density at radius 2 is 1.60 bits per heavy atom. The van der Waals surface area contributed by atoms with Crippen LogP contribution in [-0.2, 0) is 24.3 Å². The molecule has 0 spiro atoms. The molecule has 2 aromatic rings. The highest BCUT2D eigenvalue weighted by molar-refractivity contribution is 9.10. The number of sulfonamides is 1. The first-order valence-electron chi connectivity index (χ1n) is 9.14. The molecule has 1 atom stereocenters. The molecule has 0 aliphatic heterocycles. The van der Waals surface area contributed by atoms with Gasteiger partial charge in [-0.2, -0.15) is 0 Å². The van der Waals surface area contributed by atoms with Crippen LogP contribution >= 0.6 is 15.9 Å². The van der Waals surface area contributed by atoms with Crippen molar-refractivity contribution in [1.29, 1.82) is 0 Å². The van der Waals surface area contributed by atoms with Crippen molar-refractivity contribution in [3.05, 3.63) is 64.6 Å². The zero-order valence-corrected chi connectivity index (χ0v) is 19.2. The number of hydrogen-bond donors (Lipinski definition) is 2.